The predicted octanol–water partition coefficient (Wildman–Crippen LogP) is 1.58. The number of hydrogen-bond acceptors (Lipinski definition) is 3. The molecular weight excluding hydrogens is 176 g/mol. The van der Waals surface area contributed by atoms with Crippen molar-refractivity contribution < 1.29 is 5.11 Å². The van der Waals surface area contributed by atoms with Crippen molar-refractivity contribution in [1.82, 2.24) is 0 Å². The second-order valence-electron chi connectivity index (χ2n) is 2.29. The Morgan fingerprint density at radius 1 is 1.50 bits per heavy atom. The molecule has 3 N–H and O–H groups in total. The van der Waals surface area contributed by atoms with Crippen LogP contribution in [0.2, 0.25) is 0 Å². The Balaban J connectivity index is 0.00000121. The van der Waals surface area contributed by atoms with E-state index in [9.17, 15) is 5.11 Å². The van der Waals surface area contributed by atoms with E-state index in [2.05, 4.69) is 0 Å². The number of anilines is 1. The van der Waals surface area contributed by atoms with Gasteiger partial charge in [-0.2, -0.15) is 5.26 Å². The first kappa shape index (κ1) is 10.6. The lowest BCUT2D eigenvalue weighted by Gasteiger charge is -2.02. The van der Waals surface area contributed by atoms with Gasteiger partial charge < -0.3 is 10.8 Å². The van der Waals surface area contributed by atoms with Gasteiger partial charge in [-0.25, -0.2) is 0 Å². The first-order valence-electron chi connectivity index (χ1n) is 3.15. The average Bonchev–Trinajstić information content (AvgIpc) is 2.01. The van der Waals surface area contributed by atoms with Gasteiger partial charge in [0.05, 0.1) is 17.3 Å². The van der Waals surface area contributed by atoms with E-state index < -0.39 is 0 Å². The van der Waals surface area contributed by atoms with Crippen molar-refractivity contribution in [2.24, 2.45) is 0 Å². The van der Waals surface area contributed by atoms with Crippen molar-refractivity contribution >= 4 is 18.1 Å². The van der Waals surface area contributed by atoms with Crippen LogP contribution in [0.4, 0.5) is 5.69 Å². The number of nitriles is 1. The first-order valence-corrected chi connectivity index (χ1v) is 3.15. The van der Waals surface area contributed by atoms with Crippen molar-refractivity contribution in [3.63, 3.8) is 0 Å². The lowest BCUT2D eigenvalue weighted by atomic mass is 10.1. The summed E-state index contributed by atoms with van der Waals surface area (Å²) in [6, 6.07) is 5.05. The highest BCUT2D eigenvalue weighted by atomic mass is 35.5. The molecule has 0 atom stereocenters. The minimum absolute atomic E-state index is 0. The van der Waals surface area contributed by atoms with E-state index in [1.54, 1.807) is 13.0 Å². The highest BCUT2D eigenvalue weighted by molar-refractivity contribution is 5.85. The van der Waals surface area contributed by atoms with Crippen molar-refractivity contribution in [3.05, 3.63) is 23.3 Å². The molecule has 0 unspecified atom stereocenters. The highest BCUT2D eigenvalue weighted by Gasteiger charge is 2.04. The molecule has 1 rings (SSSR count). The number of phenolic OH excluding ortho intramolecular Hbond substituents is 1. The topological polar surface area (TPSA) is 70.0 Å². The van der Waals surface area contributed by atoms with Crippen LogP contribution in [-0.2, 0) is 0 Å². The summed E-state index contributed by atoms with van der Waals surface area (Å²) in [7, 11) is 0. The van der Waals surface area contributed by atoms with Crippen molar-refractivity contribution in [1.29, 1.82) is 5.26 Å². The van der Waals surface area contributed by atoms with Crippen molar-refractivity contribution in [2.45, 2.75) is 6.92 Å². The van der Waals surface area contributed by atoms with Gasteiger partial charge in [-0.15, -0.1) is 12.4 Å². The summed E-state index contributed by atoms with van der Waals surface area (Å²) in [5.41, 5.74) is 6.68. The van der Waals surface area contributed by atoms with E-state index in [4.69, 9.17) is 11.0 Å². The van der Waals surface area contributed by atoms with Gasteiger partial charge in [0.15, 0.2) is 0 Å². The molecule has 0 radical (unpaired) electrons. The van der Waals surface area contributed by atoms with Crippen molar-refractivity contribution in [3.8, 4) is 11.8 Å². The maximum atomic E-state index is 9.24. The standard InChI is InChI=1S/C8H8N2O.ClH/c1-5-6(4-9)2-3-7(10)8(5)11;/h2-3,11H,10H2,1H3;1H. The number of nitrogen functional groups attached to an aromatic ring is 1. The van der Waals surface area contributed by atoms with Crippen LogP contribution >= 0.6 is 12.4 Å². The van der Waals surface area contributed by atoms with Crippen molar-refractivity contribution in [2.75, 3.05) is 5.73 Å². The second-order valence-corrected chi connectivity index (χ2v) is 2.29. The molecule has 0 aliphatic rings. The van der Waals surface area contributed by atoms with Gasteiger partial charge in [-0.05, 0) is 19.1 Å². The number of aromatic hydroxyl groups is 1. The largest absolute Gasteiger partial charge is 0.505 e. The third-order valence-corrected chi connectivity index (χ3v) is 1.58. The zero-order valence-corrected chi connectivity index (χ0v) is 7.35. The lowest BCUT2D eigenvalue weighted by molar-refractivity contribution is 0.473. The molecule has 0 amide bonds. The average molecular weight is 185 g/mol. The Labute approximate surface area is 76.8 Å². The van der Waals surface area contributed by atoms with Crippen LogP contribution in [-0.4, -0.2) is 5.11 Å². The number of nitrogens with two attached hydrogens (primary N) is 1. The molecule has 0 saturated heterocycles. The van der Waals surface area contributed by atoms with Gasteiger partial charge in [-0.1, -0.05) is 0 Å². The van der Waals surface area contributed by atoms with Gasteiger partial charge in [0.1, 0.15) is 5.75 Å². The fourth-order valence-electron chi connectivity index (χ4n) is 0.842. The molecular formula is C8H9ClN2O. The molecule has 0 saturated carbocycles. The smallest absolute Gasteiger partial charge is 0.142 e. The third kappa shape index (κ3) is 1.60. The fourth-order valence-corrected chi connectivity index (χ4v) is 0.842. The molecule has 12 heavy (non-hydrogen) atoms. The summed E-state index contributed by atoms with van der Waals surface area (Å²) in [6.07, 6.45) is 0. The zero-order chi connectivity index (χ0) is 8.43. The fraction of sp³-hybridized carbons (Fsp3) is 0.125. The molecule has 0 spiro atoms. The SMILES string of the molecule is Cc1c(C#N)ccc(N)c1O.Cl. The van der Waals surface area contributed by atoms with E-state index in [1.807, 2.05) is 6.07 Å². The quantitative estimate of drug-likeness (QED) is 0.475. The molecule has 0 fully saturated rings. The van der Waals surface area contributed by atoms with E-state index in [0.717, 1.165) is 0 Å². The molecule has 4 heteroatoms. The summed E-state index contributed by atoms with van der Waals surface area (Å²) >= 11 is 0. The predicted molar refractivity (Wildman–Crippen MR) is 49.2 cm³/mol. The maximum absolute atomic E-state index is 9.24. The van der Waals surface area contributed by atoms with Crippen LogP contribution in [0.15, 0.2) is 12.1 Å². The number of rotatable bonds is 0. The van der Waals surface area contributed by atoms with Gasteiger partial charge >= 0.3 is 0 Å². The van der Waals surface area contributed by atoms with Crippen LogP contribution < -0.4 is 5.73 Å². The molecule has 3 nitrogen and oxygen atoms in total. The summed E-state index contributed by atoms with van der Waals surface area (Å²) in [6.45, 7) is 1.66. The molecule has 1 aromatic rings. The third-order valence-electron chi connectivity index (χ3n) is 1.58. The second kappa shape index (κ2) is 3.84. The normalized spacial score (nSPS) is 8.33. The molecule has 0 heterocycles. The number of benzene rings is 1. The molecule has 64 valence electrons. The Hall–Kier alpha value is -1.40. The Bertz CT molecular complexity index is 331. The van der Waals surface area contributed by atoms with E-state index in [1.165, 1.54) is 6.07 Å². The van der Waals surface area contributed by atoms with E-state index >= 15 is 0 Å². The zero-order valence-electron chi connectivity index (χ0n) is 6.53. The summed E-state index contributed by atoms with van der Waals surface area (Å²) in [4.78, 5) is 0. The Morgan fingerprint density at radius 3 is 2.58 bits per heavy atom. The van der Waals surface area contributed by atoms with Crippen LogP contribution in [0, 0.1) is 18.3 Å². The van der Waals surface area contributed by atoms with E-state index in [-0.39, 0.29) is 18.2 Å². The number of phenols is 1. The van der Waals surface area contributed by atoms with Gasteiger partial charge in [0, 0.05) is 5.56 Å². The Morgan fingerprint density at radius 2 is 2.08 bits per heavy atom. The maximum Gasteiger partial charge on any atom is 0.142 e. The summed E-state index contributed by atoms with van der Waals surface area (Å²) in [5, 5.41) is 17.8. The minimum atomic E-state index is 0. The first-order chi connectivity index (χ1) is 5.16. The molecule has 0 aliphatic heterocycles. The molecule has 0 bridgehead atoms. The van der Waals surface area contributed by atoms with Crippen LogP contribution in [0.3, 0.4) is 0 Å². The number of hydrogen-bond donors (Lipinski definition) is 2. The Kier molecular flexibility index (Phi) is 3.39. The number of halogens is 1. The number of nitrogens with zero attached hydrogens (tertiary/aromatic N) is 1. The van der Waals surface area contributed by atoms with Gasteiger partial charge in [0.25, 0.3) is 0 Å². The van der Waals surface area contributed by atoms with Crippen LogP contribution in [0.1, 0.15) is 11.1 Å². The van der Waals surface area contributed by atoms with Gasteiger partial charge in [-0.3, -0.25) is 0 Å². The molecule has 0 aromatic heterocycles. The van der Waals surface area contributed by atoms with E-state index in [0.29, 0.717) is 16.8 Å². The summed E-state index contributed by atoms with van der Waals surface area (Å²) in [5.74, 6) is 0.00375. The minimum Gasteiger partial charge on any atom is -0.505 e. The molecule has 1 aromatic carbocycles. The lowest BCUT2D eigenvalue weighted by Crippen LogP contribution is -1.90. The monoisotopic (exact) mass is 184 g/mol. The van der Waals surface area contributed by atoms with Gasteiger partial charge in [0.2, 0.25) is 0 Å². The highest BCUT2D eigenvalue weighted by Crippen LogP contribution is 2.26. The molecule has 0 aliphatic carbocycles. The van der Waals surface area contributed by atoms with Crippen LogP contribution in [0.25, 0.3) is 0 Å². The summed E-state index contributed by atoms with van der Waals surface area (Å²) < 4.78 is 0. The van der Waals surface area contributed by atoms with Crippen LogP contribution in [0.5, 0.6) is 5.75 Å².